The number of likely N-dealkylation sites (tertiary alicyclic amines) is 1. The molecule has 7 rings (SSSR count). The number of hydrogen-bond acceptors (Lipinski definition) is 4. The summed E-state index contributed by atoms with van der Waals surface area (Å²) >= 11 is 0. The highest BCUT2D eigenvalue weighted by Gasteiger charge is 2.72. The van der Waals surface area contributed by atoms with E-state index in [1.165, 1.54) is 7.11 Å². The monoisotopic (exact) mass is 408 g/mol. The molecule has 1 aromatic heterocycles. The third-order valence-electron chi connectivity index (χ3n) is 9.40. The molecular formula is C25H32N2O3. The van der Waals surface area contributed by atoms with Gasteiger partial charge in [0.1, 0.15) is 0 Å². The van der Waals surface area contributed by atoms with Crippen molar-refractivity contribution in [2.75, 3.05) is 7.11 Å². The number of pyridine rings is 1. The number of esters is 1. The minimum absolute atomic E-state index is 0.00731. The molecule has 30 heavy (non-hydrogen) atoms. The van der Waals surface area contributed by atoms with Gasteiger partial charge in [-0.1, -0.05) is 6.07 Å². The van der Waals surface area contributed by atoms with Gasteiger partial charge < -0.3 is 9.64 Å². The number of methoxy groups -OCH3 is 1. The van der Waals surface area contributed by atoms with Crippen LogP contribution in [0.15, 0.2) is 24.4 Å². The number of carbonyl (C=O) groups excluding carboxylic acids is 2. The van der Waals surface area contributed by atoms with E-state index in [1.54, 1.807) is 0 Å². The molecule has 3 unspecified atom stereocenters. The highest BCUT2D eigenvalue weighted by Crippen LogP contribution is 2.66. The lowest BCUT2D eigenvalue weighted by molar-refractivity contribution is -0.206. The minimum Gasteiger partial charge on any atom is -0.469 e. The van der Waals surface area contributed by atoms with Crippen LogP contribution in [0.2, 0.25) is 0 Å². The van der Waals surface area contributed by atoms with Gasteiger partial charge in [0.05, 0.1) is 24.0 Å². The van der Waals surface area contributed by atoms with Crippen LogP contribution < -0.4 is 0 Å². The molecule has 2 heterocycles. The first kappa shape index (κ1) is 18.8. The summed E-state index contributed by atoms with van der Waals surface area (Å²) in [6.07, 6.45) is 9.20. The zero-order valence-electron chi connectivity index (χ0n) is 18.3. The maximum Gasteiger partial charge on any atom is 0.311 e. The predicted octanol–water partition coefficient (Wildman–Crippen LogP) is 3.72. The predicted molar refractivity (Wildman–Crippen MR) is 111 cm³/mol. The normalized spacial score (nSPS) is 42.0. The molecule has 5 nitrogen and oxygen atoms in total. The van der Waals surface area contributed by atoms with Crippen molar-refractivity contribution in [3.8, 4) is 0 Å². The van der Waals surface area contributed by atoms with Crippen molar-refractivity contribution in [2.24, 2.45) is 28.6 Å². The number of β-lactam (4-membered cyclic amide) rings is 1. The molecule has 0 N–H and O–H groups in total. The van der Waals surface area contributed by atoms with Crippen molar-refractivity contribution >= 4 is 11.9 Å². The summed E-state index contributed by atoms with van der Waals surface area (Å²) in [5.74, 6) is 1.76. The maximum atomic E-state index is 13.5. The van der Waals surface area contributed by atoms with Crippen LogP contribution in [0.3, 0.4) is 0 Å². The highest BCUT2D eigenvalue weighted by molar-refractivity contribution is 5.91. The fourth-order valence-electron chi connectivity index (χ4n) is 8.49. The molecule has 5 heteroatoms. The Morgan fingerprint density at radius 1 is 1.13 bits per heavy atom. The van der Waals surface area contributed by atoms with Crippen molar-refractivity contribution in [2.45, 2.75) is 76.3 Å². The molecule has 6 fully saturated rings. The van der Waals surface area contributed by atoms with Gasteiger partial charge in [0.25, 0.3) is 0 Å². The minimum atomic E-state index is -0.345. The van der Waals surface area contributed by atoms with Gasteiger partial charge in [0.15, 0.2) is 0 Å². The Hall–Kier alpha value is -1.91. The molecule has 5 aliphatic carbocycles. The van der Waals surface area contributed by atoms with E-state index >= 15 is 0 Å². The van der Waals surface area contributed by atoms with Gasteiger partial charge in [-0.3, -0.25) is 14.6 Å². The van der Waals surface area contributed by atoms with E-state index in [2.05, 4.69) is 30.9 Å². The third kappa shape index (κ3) is 2.22. The number of rotatable bonds is 4. The topological polar surface area (TPSA) is 59.5 Å². The number of nitrogens with zero attached hydrogens (tertiary/aromatic N) is 2. The molecule has 160 valence electrons. The van der Waals surface area contributed by atoms with E-state index in [9.17, 15) is 9.59 Å². The summed E-state index contributed by atoms with van der Waals surface area (Å²) in [6, 6.07) is 6.68. The molecule has 6 aliphatic rings. The van der Waals surface area contributed by atoms with E-state index in [1.807, 2.05) is 12.3 Å². The van der Waals surface area contributed by atoms with Crippen molar-refractivity contribution in [3.05, 3.63) is 30.1 Å². The van der Waals surface area contributed by atoms with Crippen LogP contribution in [0.4, 0.5) is 0 Å². The number of aromatic nitrogens is 1. The Morgan fingerprint density at radius 3 is 2.40 bits per heavy atom. The molecule has 1 amide bonds. The average molecular weight is 409 g/mol. The first-order valence-corrected chi connectivity index (χ1v) is 11.7. The summed E-state index contributed by atoms with van der Waals surface area (Å²) in [4.78, 5) is 33.2. The molecule has 1 saturated heterocycles. The fraction of sp³-hybridized carbons (Fsp3) is 0.720. The van der Waals surface area contributed by atoms with Gasteiger partial charge in [-0.2, -0.15) is 0 Å². The summed E-state index contributed by atoms with van der Waals surface area (Å²) in [6.45, 7) is 4.26. The van der Waals surface area contributed by atoms with Crippen LogP contribution >= 0.6 is 0 Å². The van der Waals surface area contributed by atoms with Gasteiger partial charge in [-0.25, -0.2) is 0 Å². The van der Waals surface area contributed by atoms with Crippen LogP contribution in [0, 0.1) is 28.6 Å². The molecule has 1 aliphatic heterocycles. The Labute approximate surface area is 178 Å². The summed E-state index contributed by atoms with van der Waals surface area (Å²) < 4.78 is 5.24. The summed E-state index contributed by atoms with van der Waals surface area (Å²) in [5.41, 5.74) is 0.519. The lowest BCUT2D eigenvalue weighted by Crippen LogP contribution is -2.77. The molecular weight excluding hydrogens is 376 g/mol. The van der Waals surface area contributed by atoms with Crippen LogP contribution in [-0.2, 0) is 19.7 Å². The molecule has 1 aromatic rings. The SMILES string of the molecule is COC(=O)[C@]12CC3CC(C1)[C@@H](N1C(=O)C(C)(C)C1C1(c4ccccn4)CC1)C(C3)C2. The van der Waals surface area contributed by atoms with Crippen LogP contribution in [0.25, 0.3) is 0 Å². The zero-order chi connectivity index (χ0) is 20.9. The molecule has 3 atom stereocenters. The van der Waals surface area contributed by atoms with E-state index in [0.29, 0.717) is 23.7 Å². The highest BCUT2D eigenvalue weighted by atomic mass is 16.5. The number of hydrogen-bond donors (Lipinski definition) is 0. The molecule has 5 saturated carbocycles. The lowest BCUT2D eigenvalue weighted by atomic mass is 9.46. The van der Waals surface area contributed by atoms with E-state index in [4.69, 9.17) is 9.72 Å². The maximum absolute atomic E-state index is 13.5. The molecule has 0 radical (unpaired) electrons. The number of ether oxygens (including phenoxy) is 1. The van der Waals surface area contributed by atoms with Crippen molar-refractivity contribution in [3.63, 3.8) is 0 Å². The molecule has 0 aromatic carbocycles. The van der Waals surface area contributed by atoms with Gasteiger partial charge in [0.2, 0.25) is 5.91 Å². The second kappa shape index (κ2) is 5.86. The van der Waals surface area contributed by atoms with E-state index in [-0.39, 0.29) is 34.3 Å². The van der Waals surface area contributed by atoms with Gasteiger partial charge >= 0.3 is 5.97 Å². The van der Waals surface area contributed by atoms with Crippen LogP contribution in [-0.4, -0.2) is 41.0 Å². The number of amides is 1. The molecule has 0 spiro atoms. The Kier molecular flexibility index (Phi) is 3.68. The Balaban J connectivity index is 1.36. The molecule has 4 bridgehead atoms. The van der Waals surface area contributed by atoms with Crippen LogP contribution in [0.5, 0.6) is 0 Å². The van der Waals surface area contributed by atoms with E-state index in [0.717, 1.165) is 50.6 Å². The van der Waals surface area contributed by atoms with Gasteiger partial charge in [-0.15, -0.1) is 0 Å². The van der Waals surface area contributed by atoms with Gasteiger partial charge in [0, 0.05) is 23.3 Å². The fourth-order valence-corrected chi connectivity index (χ4v) is 8.49. The van der Waals surface area contributed by atoms with Crippen molar-refractivity contribution < 1.29 is 14.3 Å². The first-order chi connectivity index (χ1) is 14.3. The third-order valence-corrected chi connectivity index (χ3v) is 9.40. The van der Waals surface area contributed by atoms with Crippen LogP contribution in [0.1, 0.15) is 64.5 Å². The quantitative estimate of drug-likeness (QED) is 0.563. The smallest absolute Gasteiger partial charge is 0.311 e. The zero-order valence-corrected chi connectivity index (χ0v) is 18.3. The first-order valence-electron chi connectivity index (χ1n) is 11.7. The van der Waals surface area contributed by atoms with E-state index < -0.39 is 0 Å². The Morgan fingerprint density at radius 2 is 1.83 bits per heavy atom. The average Bonchev–Trinajstić information content (AvgIpc) is 3.53. The number of carbonyl (C=O) groups is 2. The largest absolute Gasteiger partial charge is 0.469 e. The standard InChI is InChI=1S/C25H32N2O3/c1-23(2)20(25(7-8-25)18-6-4-5-9-26-18)27(21(23)28)19-16-10-15-11-17(19)14-24(12-15,13-16)22(29)30-3/h4-6,9,15-17,19-20H,7-8,10-14H2,1-3H3/t15?,16?,17?,19-,20?,24-. The summed E-state index contributed by atoms with van der Waals surface area (Å²) in [7, 11) is 1.53. The van der Waals surface area contributed by atoms with Crippen molar-refractivity contribution in [1.82, 2.24) is 9.88 Å². The second-order valence-corrected chi connectivity index (χ2v) is 11.4. The second-order valence-electron chi connectivity index (χ2n) is 11.4. The Bertz CT molecular complexity index is 890. The summed E-state index contributed by atoms with van der Waals surface area (Å²) in [5, 5.41) is 0. The lowest BCUT2D eigenvalue weighted by Gasteiger charge is -2.67. The van der Waals surface area contributed by atoms with Crippen molar-refractivity contribution in [1.29, 1.82) is 0 Å². The van der Waals surface area contributed by atoms with Gasteiger partial charge in [-0.05, 0) is 88.7 Å².